The quantitative estimate of drug-likeness (QED) is 0.496. The van der Waals surface area contributed by atoms with Crippen LogP contribution in [0.1, 0.15) is 30.7 Å². The van der Waals surface area contributed by atoms with Gasteiger partial charge in [-0.15, -0.1) is 0 Å². The van der Waals surface area contributed by atoms with Crippen LogP contribution in [0.3, 0.4) is 0 Å². The van der Waals surface area contributed by atoms with Gasteiger partial charge in [-0.3, -0.25) is 4.98 Å². The second-order valence-corrected chi connectivity index (χ2v) is 9.46. The number of nitrogens with zero attached hydrogens (tertiary/aromatic N) is 3. The normalized spacial score (nSPS) is 19.4. The van der Waals surface area contributed by atoms with Gasteiger partial charge in [0.2, 0.25) is 5.88 Å². The lowest BCUT2D eigenvalue weighted by Crippen LogP contribution is -2.47. The number of carbonyl (C=O) groups is 1. The number of halogens is 1. The van der Waals surface area contributed by atoms with Gasteiger partial charge in [0, 0.05) is 41.9 Å². The molecule has 0 saturated carbocycles. The molecule has 2 aliphatic heterocycles. The molecule has 1 atom stereocenters. The summed E-state index contributed by atoms with van der Waals surface area (Å²) in [5.74, 6) is 1.64. The number of urea groups is 1. The molecule has 2 amide bonds. The molecule has 2 saturated heterocycles. The van der Waals surface area contributed by atoms with E-state index in [9.17, 15) is 4.79 Å². The molecule has 170 valence electrons. The van der Waals surface area contributed by atoms with Crippen molar-refractivity contribution >= 4 is 27.6 Å². The molecule has 3 aromatic rings. The lowest BCUT2D eigenvalue weighted by atomic mass is 9.83. The minimum atomic E-state index is -0.167. The van der Waals surface area contributed by atoms with Crippen LogP contribution < -0.4 is 10.1 Å². The average Bonchev–Trinajstić information content (AvgIpc) is 3.25. The van der Waals surface area contributed by atoms with E-state index in [1.807, 2.05) is 41.3 Å². The van der Waals surface area contributed by atoms with E-state index in [4.69, 9.17) is 9.47 Å². The predicted molar refractivity (Wildman–Crippen MR) is 129 cm³/mol. The topological polar surface area (TPSA) is 76.6 Å². The maximum Gasteiger partial charge on any atom is 0.321 e. The maximum absolute atomic E-state index is 12.6. The number of hydrogen-bond acceptors (Lipinski definition) is 5. The number of pyridine rings is 2. The Bertz CT molecular complexity index is 1100. The van der Waals surface area contributed by atoms with Crippen molar-refractivity contribution in [1.82, 2.24) is 14.9 Å². The Kier molecular flexibility index (Phi) is 6.28. The van der Waals surface area contributed by atoms with E-state index in [0.29, 0.717) is 37.2 Å². The van der Waals surface area contributed by atoms with E-state index in [-0.39, 0.29) is 11.6 Å². The molecule has 0 unspecified atom stereocenters. The second-order valence-electron chi connectivity index (χ2n) is 8.54. The summed E-state index contributed by atoms with van der Waals surface area (Å²) in [4.78, 5) is 22.8. The number of rotatable bonds is 4. The van der Waals surface area contributed by atoms with Crippen molar-refractivity contribution in [3.63, 3.8) is 0 Å². The van der Waals surface area contributed by atoms with Gasteiger partial charge in [0.25, 0.3) is 0 Å². The zero-order valence-corrected chi connectivity index (χ0v) is 19.7. The van der Waals surface area contributed by atoms with E-state index in [2.05, 4.69) is 43.3 Å². The largest absolute Gasteiger partial charge is 0.439 e. The molecule has 2 fully saturated rings. The third-order valence-corrected chi connectivity index (χ3v) is 6.81. The van der Waals surface area contributed by atoms with Gasteiger partial charge in [-0.1, -0.05) is 12.1 Å². The third kappa shape index (κ3) is 5.17. The Morgan fingerprint density at radius 2 is 2.03 bits per heavy atom. The smallest absolute Gasteiger partial charge is 0.321 e. The minimum absolute atomic E-state index is 0.0844. The number of ether oxygens (including phenoxy) is 2. The lowest BCUT2D eigenvalue weighted by Gasteiger charge is -2.38. The first-order chi connectivity index (χ1) is 16.1. The Balaban J connectivity index is 1.18. The molecule has 2 aliphatic rings. The molecule has 5 rings (SSSR count). The summed E-state index contributed by atoms with van der Waals surface area (Å²) >= 11 is 3.39. The highest BCUT2D eigenvalue weighted by molar-refractivity contribution is 9.10. The molecular weight excluding hydrogens is 484 g/mol. The Labute approximate surface area is 201 Å². The zero-order valence-electron chi connectivity index (χ0n) is 18.1. The van der Waals surface area contributed by atoms with Gasteiger partial charge in [-0.05, 0) is 71.1 Å². The number of amides is 2. The van der Waals surface area contributed by atoms with Crippen molar-refractivity contribution in [2.45, 2.75) is 30.8 Å². The SMILES string of the molecule is O=C(Nc1cccnc1)N1CCC2(CC1)C[C@H](c1cccc(Oc3ccc(Br)cn3)c1)CO2. The van der Waals surface area contributed by atoms with Gasteiger partial charge in [0.1, 0.15) is 5.75 Å². The summed E-state index contributed by atoms with van der Waals surface area (Å²) < 4.78 is 13.2. The molecule has 1 N–H and O–H groups in total. The fourth-order valence-electron chi connectivity index (χ4n) is 4.54. The summed E-state index contributed by atoms with van der Waals surface area (Å²) in [6, 6.07) is 15.5. The highest BCUT2D eigenvalue weighted by Gasteiger charge is 2.43. The van der Waals surface area contributed by atoms with Gasteiger partial charge >= 0.3 is 6.03 Å². The summed E-state index contributed by atoms with van der Waals surface area (Å²) in [6.07, 6.45) is 7.68. The third-order valence-electron chi connectivity index (χ3n) is 6.34. The molecule has 4 heterocycles. The van der Waals surface area contributed by atoms with Crippen LogP contribution in [0, 0.1) is 0 Å². The summed E-state index contributed by atoms with van der Waals surface area (Å²) in [5, 5.41) is 2.92. The Morgan fingerprint density at radius 3 is 2.79 bits per heavy atom. The van der Waals surface area contributed by atoms with E-state index in [1.54, 1.807) is 18.6 Å². The first-order valence-corrected chi connectivity index (χ1v) is 11.9. The van der Waals surface area contributed by atoms with Gasteiger partial charge < -0.3 is 19.7 Å². The highest BCUT2D eigenvalue weighted by atomic mass is 79.9. The Morgan fingerprint density at radius 1 is 1.15 bits per heavy atom. The molecule has 1 spiro atoms. The van der Waals surface area contributed by atoms with Gasteiger partial charge in [-0.25, -0.2) is 9.78 Å². The van der Waals surface area contributed by atoms with Gasteiger partial charge in [-0.2, -0.15) is 0 Å². The predicted octanol–water partition coefficient (Wildman–Crippen LogP) is 5.60. The van der Waals surface area contributed by atoms with Gasteiger partial charge in [0.15, 0.2) is 0 Å². The number of piperidine rings is 1. The number of carbonyl (C=O) groups excluding carboxylic acids is 1. The van der Waals surface area contributed by atoms with E-state index < -0.39 is 0 Å². The fraction of sp³-hybridized carbons (Fsp3) is 0.320. The van der Waals surface area contributed by atoms with Crippen LogP contribution in [0.2, 0.25) is 0 Å². The first-order valence-electron chi connectivity index (χ1n) is 11.1. The van der Waals surface area contributed by atoms with Crippen LogP contribution in [0.5, 0.6) is 11.6 Å². The molecule has 7 nitrogen and oxygen atoms in total. The number of aromatic nitrogens is 2. The first kappa shape index (κ1) is 21.9. The molecule has 1 aromatic carbocycles. The van der Waals surface area contributed by atoms with E-state index in [0.717, 1.165) is 29.5 Å². The van der Waals surface area contributed by atoms with Crippen LogP contribution in [-0.4, -0.2) is 46.2 Å². The number of likely N-dealkylation sites (tertiary alicyclic amines) is 1. The summed E-state index contributed by atoms with van der Waals surface area (Å²) in [6.45, 7) is 2.04. The molecule has 2 aromatic heterocycles. The number of benzene rings is 1. The number of anilines is 1. The molecular formula is C25H25BrN4O3. The molecule has 0 radical (unpaired) electrons. The molecule has 0 aliphatic carbocycles. The Hall–Kier alpha value is -2.97. The monoisotopic (exact) mass is 508 g/mol. The number of hydrogen-bond donors (Lipinski definition) is 1. The van der Waals surface area contributed by atoms with Crippen molar-refractivity contribution in [2.75, 3.05) is 25.0 Å². The molecule has 0 bridgehead atoms. The van der Waals surface area contributed by atoms with E-state index in [1.165, 1.54) is 5.56 Å². The molecule has 8 heteroatoms. The van der Waals surface area contributed by atoms with E-state index >= 15 is 0 Å². The van der Waals surface area contributed by atoms with Crippen LogP contribution in [0.15, 0.2) is 71.6 Å². The van der Waals surface area contributed by atoms with Crippen LogP contribution >= 0.6 is 15.9 Å². The van der Waals surface area contributed by atoms with Crippen molar-refractivity contribution in [2.24, 2.45) is 0 Å². The van der Waals surface area contributed by atoms with Crippen LogP contribution in [-0.2, 0) is 4.74 Å². The molecule has 33 heavy (non-hydrogen) atoms. The fourth-order valence-corrected chi connectivity index (χ4v) is 4.77. The van der Waals surface area contributed by atoms with Gasteiger partial charge in [0.05, 0.1) is 24.1 Å². The summed E-state index contributed by atoms with van der Waals surface area (Å²) in [5.41, 5.74) is 1.75. The second kappa shape index (κ2) is 9.49. The average molecular weight is 509 g/mol. The standard InChI is InChI=1S/C25H25BrN4O3/c26-20-6-7-23(28-15-20)33-22-5-1-3-18(13-22)19-14-25(32-17-19)8-11-30(12-9-25)24(31)29-21-4-2-10-27-16-21/h1-7,10,13,15-16,19H,8-9,11-12,14,17H2,(H,29,31)/t19-/m0/s1. The number of nitrogens with one attached hydrogen (secondary N) is 1. The highest BCUT2D eigenvalue weighted by Crippen LogP contribution is 2.43. The van der Waals surface area contributed by atoms with Crippen molar-refractivity contribution in [3.05, 3.63) is 77.2 Å². The lowest BCUT2D eigenvalue weighted by molar-refractivity contribution is -0.0355. The van der Waals surface area contributed by atoms with Crippen molar-refractivity contribution in [3.8, 4) is 11.6 Å². The van der Waals surface area contributed by atoms with Crippen LogP contribution in [0.25, 0.3) is 0 Å². The van der Waals surface area contributed by atoms with Crippen molar-refractivity contribution < 1.29 is 14.3 Å². The zero-order chi connectivity index (χ0) is 22.7. The minimum Gasteiger partial charge on any atom is -0.439 e. The van der Waals surface area contributed by atoms with Crippen LogP contribution in [0.4, 0.5) is 10.5 Å². The summed E-state index contributed by atoms with van der Waals surface area (Å²) in [7, 11) is 0. The van der Waals surface area contributed by atoms with Crippen molar-refractivity contribution in [1.29, 1.82) is 0 Å². The maximum atomic E-state index is 12.6.